The Kier molecular flexibility index (Phi) is 6.22. The van der Waals surface area contributed by atoms with Crippen LogP contribution in [0, 0.1) is 5.92 Å². The molecule has 4 rings (SSSR count). The van der Waals surface area contributed by atoms with Crippen molar-refractivity contribution in [3.05, 3.63) is 36.2 Å². The van der Waals surface area contributed by atoms with Gasteiger partial charge in [0.15, 0.2) is 0 Å². The second-order valence-electron chi connectivity index (χ2n) is 8.17. The second-order valence-corrected chi connectivity index (χ2v) is 8.17. The number of carbonyl (C=O) groups is 2. The van der Waals surface area contributed by atoms with Crippen molar-refractivity contribution in [2.45, 2.75) is 57.4 Å². The molecule has 2 fully saturated rings. The van der Waals surface area contributed by atoms with Crippen molar-refractivity contribution in [2.75, 3.05) is 13.1 Å². The molecule has 2 aliphatic rings. The van der Waals surface area contributed by atoms with Crippen LogP contribution < -0.4 is 5.32 Å². The van der Waals surface area contributed by atoms with Crippen molar-refractivity contribution in [2.24, 2.45) is 5.92 Å². The molecular formula is C22H29N5O2. The highest BCUT2D eigenvalue weighted by atomic mass is 16.2. The summed E-state index contributed by atoms with van der Waals surface area (Å²) in [6, 6.07) is 7.63. The van der Waals surface area contributed by atoms with Crippen LogP contribution in [0.25, 0.3) is 11.4 Å². The molecule has 2 aromatic rings. The van der Waals surface area contributed by atoms with Gasteiger partial charge >= 0.3 is 0 Å². The van der Waals surface area contributed by atoms with Gasteiger partial charge in [0.25, 0.3) is 5.91 Å². The average molecular weight is 396 g/mol. The maximum atomic E-state index is 13.0. The van der Waals surface area contributed by atoms with Gasteiger partial charge in [-0.3, -0.25) is 19.7 Å². The normalized spacial score (nSPS) is 20.8. The molecule has 29 heavy (non-hydrogen) atoms. The number of amides is 2. The maximum absolute atomic E-state index is 13.0. The molecule has 0 bridgehead atoms. The van der Waals surface area contributed by atoms with Crippen LogP contribution in [0.1, 0.15) is 61.9 Å². The fourth-order valence-corrected chi connectivity index (χ4v) is 4.37. The summed E-state index contributed by atoms with van der Waals surface area (Å²) in [6.45, 7) is 1.14. The molecule has 0 spiro atoms. The van der Waals surface area contributed by atoms with E-state index in [1.54, 1.807) is 17.2 Å². The molecule has 154 valence electrons. The fourth-order valence-electron chi connectivity index (χ4n) is 4.37. The Morgan fingerprint density at radius 1 is 1.03 bits per heavy atom. The van der Waals surface area contributed by atoms with Crippen molar-refractivity contribution in [1.82, 2.24) is 25.4 Å². The Balaban J connectivity index is 1.37. The number of carbonyl (C=O) groups excluding carboxylic acids is 2. The molecule has 2 N–H and O–H groups in total. The van der Waals surface area contributed by atoms with E-state index in [1.807, 2.05) is 18.2 Å². The van der Waals surface area contributed by atoms with Crippen LogP contribution in [-0.4, -0.2) is 51.0 Å². The lowest BCUT2D eigenvalue weighted by molar-refractivity contribution is -0.127. The Labute approximate surface area is 171 Å². The number of H-pyrrole nitrogens is 1. The van der Waals surface area contributed by atoms with E-state index in [0.717, 1.165) is 31.4 Å². The predicted molar refractivity (Wildman–Crippen MR) is 110 cm³/mol. The molecule has 1 saturated carbocycles. The van der Waals surface area contributed by atoms with E-state index >= 15 is 0 Å². The smallest absolute Gasteiger partial charge is 0.271 e. The summed E-state index contributed by atoms with van der Waals surface area (Å²) in [7, 11) is 0. The second kappa shape index (κ2) is 9.20. The first-order chi connectivity index (χ1) is 14.2. The molecule has 7 nitrogen and oxygen atoms in total. The van der Waals surface area contributed by atoms with Crippen molar-refractivity contribution in [1.29, 1.82) is 0 Å². The highest BCUT2D eigenvalue weighted by Gasteiger charge is 2.30. The third kappa shape index (κ3) is 4.83. The molecule has 1 saturated heterocycles. The molecule has 1 aliphatic heterocycles. The lowest BCUT2D eigenvalue weighted by Crippen LogP contribution is -2.47. The third-order valence-corrected chi connectivity index (χ3v) is 6.02. The molecule has 0 unspecified atom stereocenters. The Morgan fingerprint density at radius 2 is 1.86 bits per heavy atom. The summed E-state index contributed by atoms with van der Waals surface area (Å²) < 4.78 is 0. The first-order valence-electron chi connectivity index (χ1n) is 10.8. The number of aromatic amines is 1. The molecular weight excluding hydrogens is 366 g/mol. The zero-order valence-electron chi connectivity index (χ0n) is 16.8. The van der Waals surface area contributed by atoms with E-state index < -0.39 is 0 Å². The standard InChI is InChI=1S/C22H29N5O2/c28-21(24-17-9-3-1-2-4-10-17)16-8-7-13-27(15-16)22(29)20-14-19(25-26-20)18-11-5-6-12-23-18/h5-6,11-12,14,16-17H,1-4,7-10,13,15H2,(H,24,28)(H,25,26)/t16-/m1/s1. The molecule has 2 aromatic heterocycles. The number of aromatic nitrogens is 3. The van der Waals surface area contributed by atoms with Crippen LogP contribution >= 0.6 is 0 Å². The summed E-state index contributed by atoms with van der Waals surface area (Å²) >= 11 is 0. The van der Waals surface area contributed by atoms with Crippen molar-refractivity contribution >= 4 is 11.8 Å². The lowest BCUT2D eigenvalue weighted by atomic mass is 9.96. The minimum Gasteiger partial charge on any atom is -0.353 e. The Hall–Kier alpha value is -2.70. The molecule has 3 heterocycles. The Bertz CT molecular complexity index is 827. The van der Waals surface area contributed by atoms with Gasteiger partial charge < -0.3 is 10.2 Å². The molecule has 1 atom stereocenters. The van der Waals surface area contributed by atoms with Gasteiger partial charge in [0.1, 0.15) is 11.4 Å². The van der Waals surface area contributed by atoms with Crippen LogP contribution in [0.5, 0.6) is 0 Å². The summed E-state index contributed by atoms with van der Waals surface area (Å²) in [5, 5.41) is 10.3. The van der Waals surface area contributed by atoms with Crippen molar-refractivity contribution in [3.63, 3.8) is 0 Å². The molecule has 1 aliphatic carbocycles. The van der Waals surface area contributed by atoms with Gasteiger partial charge in [-0.15, -0.1) is 0 Å². The number of hydrogen-bond donors (Lipinski definition) is 2. The highest BCUT2D eigenvalue weighted by Crippen LogP contribution is 2.22. The maximum Gasteiger partial charge on any atom is 0.271 e. The summed E-state index contributed by atoms with van der Waals surface area (Å²) in [5.74, 6) is -0.131. The van der Waals surface area contributed by atoms with E-state index in [2.05, 4.69) is 20.5 Å². The SMILES string of the molecule is O=C(NC1CCCCCC1)[C@@H]1CCCN(C(=O)c2cc(-c3ccccn3)n[nH]2)C1. The monoisotopic (exact) mass is 395 g/mol. The molecule has 0 radical (unpaired) electrons. The minimum absolute atomic E-state index is 0.105. The topological polar surface area (TPSA) is 91.0 Å². The first-order valence-corrected chi connectivity index (χ1v) is 10.8. The number of hydrogen-bond acceptors (Lipinski definition) is 4. The van der Waals surface area contributed by atoms with E-state index in [9.17, 15) is 9.59 Å². The fraction of sp³-hybridized carbons (Fsp3) is 0.545. The third-order valence-electron chi connectivity index (χ3n) is 6.02. The van der Waals surface area contributed by atoms with Crippen LogP contribution in [0.4, 0.5) is 0 Å². The molecule has 2 amide bonds. The van der Waals surface area contributed by atoms with E-state index in [4.69, 9.17) is 0 Å². The number of rotatable bonds is 4. The van der Waals surface area contributed by atoms with Gasteiger partial charge in [0.05, 0.1) is 11.6 Å². The summed E-state index contributed by atoms with van der Waals surface area (Å²) in [6.07, 6.45) is 10.5. The van der Waals surface area contributed by atoms with Crippen LogP contribution in [0.3, 0.4) is 0 Å². The van der Waals surface area contributed by atoms with E-state index in [1.165, 1.54) is 25.7 Å². The van der Waals surface area contributed by atoms with Gasteiger partial charge in [-0.1, -0.05) is 31.7 Å². The zero-order chi connectivity index (χ0) is 20.1. The molecule has 0 aromatic carbocycles. The average Bonchev–Trinajstić information content (AvgIpc) is 3.12. The largest absolute Gasteiger partial charge is 0.353 e. The van der Waals surface area contributed by atoms with Gasteiger partial charge in [-0.05, 0) is 43.9 Å². The van der Waals surface area contributed by atoms with Crippen LogP contribution in [0.15, 0.2) is 30.5 Å². The van der Waals surface area contributed by atoms with E-state index in [0.29, 0.717) is 30.5 Å². The number of piperidine rings is 1. The van der Waals surface area contributed by atoms with Crippen molar-refractivity contribution < 1.29 is 9.59 Å². The number of nitrogens with zero attached hydrogens (tertiary/aromatic N) is 3. The summed E-state index contributed by atoms with van der Waals surface area (Å²) in [5.41, 5.74) is 1.81. The molecule has 7 heteroatoms. The van der Waals surface area contributed by atoms with Gasteiger partial charge in [-0.25, -0.2) is 0 Å². The number of pyridine rings is 1. The van der Waals surface area contributed by atoms with Gasteiger partial charge in [0, 0.05) is 25.3 Å². The first kappa shape index (κ1) is 19.6. The van der Waals surface area contributed by atoms with E-state index in [-0.39, 0.29) is 17.7 Å². The lowest BCUT2D eigenvalue weighted by Gasteiger charge is -2.32. The predicted octanol–water partition coefficient (Wildman–Crippen LogP) is 3.16. The van der Waals surface area contributed by atoms with Crippen LogP contribution in [-0.2, 0) is 4.79 Å². The Morgan fingerprint density at radius 3 is 2.62 bits per heavy atom. The number of nitrogens with one attached hydrogen (secondary N) is 2. The van der Waals surface area contributed by atoms with Crippen molar-refractivity contribution in [3.8, 4) is 11.4 Å². The van der Waals surface area contributed by atoms with Crippen LogP contribution in [0.2, 0.25) is 0 Å². The quantitative estimate of drug-likeness (QED) is 0.778. The van der Waals surface area contributed by atoms with Gasteiger partial charge in [0.2, 0.25) is 5.91 Å². The highest BCUT2D eigenvalue weighted by molar-refractivity contribution is 5.93. The minimum atomic E-state index is -0.130. The zero-order valence-corrected chi connectivity index (χ0v) is 16.8. The summed E-state index contributed by atoms with van der Waals surface area (Å²) in [4.78, 5) is 31.8. The van der Waals surface area contributed by atoms with Gasteiger partial charge in [-0.2, -0.15) is 5.10 Å². The number of likely N-dealkylation sites (tertiary alicyclic amines) is 1.